The Morgan fingerprint density at radius 1 is 0.920 bits per heavy atom. The quantitative estimate of drug-likeness (QED) is 0.277. The number of nitrogens with zero attached hydrogens (tertiary/aromatic N) is 2. The summed E-state index contributed by atoms with van der Waals surface area (Å²) in [6.07, 6.45) is 1.20. The minimum atomic E-state index is -1.59. The number of rotatable bonds is 8. The number of carbonyl (C=O) groups excluding carboxylic acids is 1. The van der Waals surface area contributed by atoms with E-state index in [4.69, 9.17) is 5.10 Å². The topological polar surface area (TPSA) is 32.7 Å². The monoisotopic (exact) mass is 352 g/mol. The Labute approximate surface area is 152 Å². The molecule has 0 atom stereocenters. The molecule has 0 aliphatic heterocycles. The van der Waals surface area contributed by atoms with Crippen molar-refractivity contribution in [1.29, 1.82) is 0 Å². The summed E-state index contributed by atoms with van der Waals surface area (Å²) in [7, 11) is -1.59. The summed E-state index contributed by atoms with van der Waals surface area (Å²) in [5, 5.41) is 4.87. The Balaban J connectivity index is 2.02. The van der Waals surface area contributed by atoms with Crippen LogP contribution in [0.3, 0.4) is 0 Å². The average molecular weight is 353 g/mol. The number of hydrogen-bond donors (Lipinski definition) is 0. The molecule has 132 valence electrons. The van der Waals surface area contributed by atoms with Crippen LogP contribution in [0.15, 0.2) is 65.8 Å². The fourth-order valence-corrected chi connectivity index (χ4v) is 3.63. The van der Waals surface area contributed by atoms with Crippen molar-refractivity contribution < 1.29 is 4.79 Å². The predicted octanol–water partition coefficient (Wildman–Crippen LogP) is 5.36. The van der Waals surface area contributed by atoms with Gasteiger partial charge in [0.1, 0.15) is 0 Å². The maximum Gasteiger partial charge on any atom is 0.169 e. The maximum absolute atomic E-state index is 12.3. The van der Waals surface area contributed by atoms with E-state index in [-0.39, 0.29) is 5.78 Å². The minimum absolute atomic E-state index is 0.178. The van der Waals surface area contributed by atoms with Gasteiger partial charge in [0.05, 0.1) is 6.54 Å². The molecule has 0 amide bonds. The lowest BCUT2D eigenvalue weighted by Gasteiger charge is -2.32. The molecule has 0 saturated heterocycles. The fourth-order valence-electron chi connectivity index (χ4n) is 2.50. The highest BCUT2D eigenvalue weighted by atomic mass is 28.3. The smallest absolute Gasteiger partial charge is 0.169 e. The van der Waals surface area contributed by atoms with Gasteiger partial charge in [-0.3, -0.25) is 4.79 Å². The summed E-state index contributed by atoms with van der Waals surface area (Å²) in [6.45, 7) is 9.72. The Bertz CT molecular complexity index is 706. The van der Waals surface area contributed by atoms with Gasteiger partial charge in [0, 0.05) is 17.7 Å². The lowest BCUT2D eigenvalue weighted by atomic mass is 10.1. The molecule has 0 fully saturated rings. The number of ketones is 1. The Kier molecular flexibility index (Phi) is 6.71. The SMILES string of the molecule is CC(CCC(=O)c1ccccc1)=NN(Cc1ccccc1)[Si](C)(C)C. The van der Waals surface area contributed by atoms with Crippen LogP contribution in [0, 0.1) is 0 Å². The fraction of sp³-hybridized carbons (Fsp3) is 0.333. The third kappa shape index (κ3) is 6.31. The third-order valence-corrected chi connectivity index (χ3v) is 5.86. The molecular weight excluding hydrogens is 324 g/mol. The van der Waals surface area contributed by atoms with E-state index in [1.807, 2.05) is 43.3 Å². The molecule has 0 aliphatic rings. The number of Topliss-reactive ketones (excluding diaryl/α,β-unsaturated/α-hetero) is 1. The summed E-state index contributed by atoms with van der Waals surface area (Å²) in [6, 6.07) is 19.9. The maximum atomic E-state index is 12.3. The van der Waals surface area contributed by atoms with E-state index in [0.717, 1.165) is 17.8 Å². The number of benzene rings is 2. The first-order chi connectivity index (χ1) is 11.9. The molecule has 2 aromatic carbocycles. The second-order valence-electron chi connectivity index (χ2n) is 7.34. The number of hydrazone groups is 1. The molecule has 0 unspecified atom stereocenters. The molecule has 0 spiro atoms. The van der Waals surface area contributed by atoms with Gasteiger partial charge >= 0.3 is 0 Å². The molecule has 0 radical (unpaired) electrons. The van der Waals surface area contributed by atoms with Crippen molar-refractivity contribution in [2.24, 2.45) is 5.10 Å². The Morgan fingerprint density at radius 3 is 2.04 bits per heavy atom. The van der Waals surface area contributed by atoms with Crippen molar-refractivity contribution in [3.8, 4) is 0 Å². The molecule has 2 rings (SSSR count). The highest BCUT2D eigenvalue weighted by Crippen LogP contribution is 2.16. The Morgan fingerprint density at radius 2 is 1.48 bits per heavy atom. The van der Waals surface area contributed by atoms with Gasteiger partial charge in [-0.1, -0.05) is 80.3 Å². The van der Waals surface area contributed by atoms with Crippen LogP contribution < -0.4 is 0 Å². The highest BCUT2D eigenvalue weighted by Gasteiger charge is 2.23. The molecule has 0 aliphatic carbocycles. The Hall–Kier alpha value is -2.20. The zero-order valence-electron chi connectivity index (χ0n) is 15.7. The predicted molar refractivity (Wildman–Crippen MR) is 108 cm³/mol. The normalized spacial score (nSPS) is 12.1. The van der Waals surface area contributed by atoms with E-state index in [2.05, 4.69) is 48.6 Å². The van der Waals surface area contributed by atoms with E-state index < -0.39 is 8.24 Å². The van der Waals surface area contributed by atoms with Crippen LogP contribution in [-0.2, 0) is 6.54 Å². The molecule has 25 heavy (non-hydrogen) atoms. The van der Waals surface area contributed by atoms with Gasteiger partial charge in [0.15, 0.2) is 14.0 Å². The molecule has 0 N–H and O–H groups in total. The molecular formula is C21H28N2OSi. The summed E-state index contributed by atoms with van der Waals surface area (Å²) < 4.78 is 2.24. The molecule has 0 heterocycles. The zero-order valence-corrected chi connectivity index (χ0v) is 16.7. The van der Waals surface area contributed by atoms with Crippen LogP contribution in [0.2, 0.25) is 19.6 Å². The second kappa shape index (κ2) is 8.76. The second-order valence-corrected chi connectivity index (χ2v) is 12.2. The molecule has 4 heteroatoms. The first kappa shape index (κ1) is 19.1. The van der Waals surface area contributed by atoms with E-state index in [9.17, 15) is 4.79 Å². The summed E-state index contributed by atoms with van der Waals surface area (Å²) in [5.74, 6) is 0.178. The standard InChI is InChI=1S/C21H28N2OSi/c1-18(15-16-21(24)20-13-9-6-10-14-20)22-23(25(2,3)4)17-19-11-7-5-8-12-19/h5-14H,15-17H2,1-4H3. The van der Waals surface area contributed by atoms with Crippen molar-refractivity contribution in [1.82, 2.24) is 4.67 Å². The lowest BCUT2D eigenvalue weighted by Crippen LogP contribution is -2.42. The van der Waals surface area contributed by atoms with Gasteiger partial charge in [-0.05, 0) is 18.9 Å². The first-order valence-electron chi connectivity index (χ1n) is 8.80. The summed E-state index contributed by atoms with van der Waals surface area (Å²) >= 11 is 0. The van der Waals surface area contributed by atoms with Crippen LogP contribution in [0.25, 0.3) is 0 Å². The van der Waals surface area contributed by atoms with Crippen LogP contribution in [-0.4, -0.2) is 24.4 Å². The van der Waals surface area contributed by atoms with Gasteiger partial charge < -0.3 is 4.67 Å². The minimum Gasteiger partial charge on any atom is -0.320 e. The molecule has 0 bridgehead atoms. The van der Waals surface area contributed by atoms with Crippen LogP contribution >= 0.6 is 0 Å². The van der Waals surface area contributed by atoms with Crippen molar-refractivity contribution in [2.45, 2.75) is 46.0 Å². The van der Waals surface area contributed by atoms with Gasteiger partial charge in [-0.25, -0.2) is 0 Å². The number of hydrogen-bond acceptors (Lipinski definition) is 3. The van der Waals surface area contributed by atoms with Crippen LogP contribution in [0.5, 0.6) is 0 Å². The van der Waals surface area contributed by atoms with E-state index in [1.54, 1.807) is 0 Å². The van der Waals surface area contributed by atoms with Gasteiger partial charge in [0.25, 0.3) is 0 Å². The van der Waals surface area contributed by atoms with E-state index in [1.165, 1.54) is 5.56 Å². The van der Waals surface area contributed by atoms with E-state index in [0.29, 0.717) is 12.8 Å². The molecule has 2 aromatic rings. The number of carbonyl (C=O) groups is 1. The third-order valence-electron chi connectivity index (χ3n) is 4.05. The van der Waals surface area contributed by atoms with Gasteiger partial charge in [-0.2, -0.15) is 5.10 Å². The highest BCUT2D eigenvalue weighted by molar-refractivity contribution is 6.73. The van der Waals surface area contributed by atoms with Crippen LogP contribution in [0.4, 0.5) is 0 Å². The van der Waals surface area contributed by atoms with Crippen molar-refractivity contribution >= 4 is 19.7 Å². The van der Waals surface area contributed by atoms with Crippen molar-refractivity contribution in [3.63, 3.8) is 0 Å². The van der Waals surface area contributed by atoms with Crippen LogP contribution in [0.1, 0.15) is 35.7 Å². The van der Waals surface area contributed by atoms with Gasteiger partial charge in [-0.15, -0.1) is 0 Å². The van der Waals surface area contributed by atoms with Gasteiger partial charge in [0.2, 0.25) is 0 Å². The summed E-state index contributed by atoms with van der Waals surface area (Å²) in [4.78, 5) is 12.3. The molecule has 0 aromatic heterocycles. The van der Waals surface area contributed by atoms with Crippen molar-refractivity contribution in [3.05, 3.63) is 71.8 Å². The average Bonchev–Trinajstić information content (AvgIpc) is 2.60. The summed E-state index contributed by atoms with van der Waals surface area (Å²) in [5.41, 5.74) is 3.06. The first-order valence-corrected chi connectivity index (χ1v) is 12.2. The van der Waals surface area contributed by atoms with Crippen molar-refractivity contribution in [2.75, 3.05) is 0 Å². The molecule has 0 saturated carbocycles. The lowest BCUT2D eigenvalue weighted by molar-refractivity contribution is 0.0984. The van der Waals surface area contributed by atoms with E-state index >= 15 is 0 Å². The zero-order chi connectivity index (χ0) is 18.3. The largest absolute Gasteiger partial charge is 0.320 e. The molecule has 3 nitrogen and oxygen atoms in total.